The van der Waals surface area contributed by atoms with Crippen molar-refractivity contribution in [2.75, 3.05) is 45.9 Å². The van der Waals surface area contributed by atoms with Crippen molar-refractivity contribution in [1.82, 2.24) is 15.1 Å². The minimum atomic E-state index is -0.0123. The second-order valence-electron chi connectivity index (χ2n) is 6.93. The van der Waals surface area contributed by atoms with Crippen LogP contribution < -0.4 is 5.32 Å². The van der Waals surface area contributed by atoms with Crippen LogP contribution >= 0.6 is 0 Å². The molecular weight excluding hydrogens is 294 g/mol. The van der Waals surface area contributed by atoms with Crippen LogP contribution in [-0.2, 0) is 14.3 Å². The van der Waals surface area contributed by atoms with Gasteiger partial charge >= 0.3 is 0 Å². The number of carbonyl (C=O) groups is 2. The molecule has 23 heavy (non-hydrogen) atoms. The molecule has 0 bridgehead atoms. The molecule has 2 amide bonds. The van der Waals surface area contributed by atoms with E-state index >= 15 is 0 Å². The normalized spacial score (nSPS) is 30.6. The third-order valence-electron chi connectivity index (χ3n) is 5.37. The Bertz CT molecular complexity index is 423. The van der Waals surface area contributed by atoms with E-state index in [2.05, 4.69) is 10.2 Å². The number of hydrogen-bond acceptors (Lipinski definition) is 4. The maximum atomic E-state index is 12.9. The maximum absolute atomic E-state index is 12.9. The number of nitrogens with one attached hydrogen (secondary N) is 1. The third-order valence-corrected chi connectivity index (χ3v) is 5.37. The lowest BCUT2D eigenvalue weighted by Gasteiger charge is -2.36. The summed E-state index contributed by atoms with van der Waals surface area (Å²) in [6, 6.07) is 0.0987. The van der Waals surface area contributed by atoms with Gasteiger partial charge in [-0.2, -0.15) is 0 Å². The first-order valence-electron chi connectivity index (χ1n) is 9.13. The molecule has 1 N–H and O–H groups in total. The summed E-state index contributed by atoms with van der Waals surface area (Å²) in [5.41, 5.74) is 0. The number of amides is 2. The van der Waals surface area contributed by atoms with Crippen LogP contribution in [0.15, 0.2) is 0 Å². The summed E-state index contributed by atoms with van der Waals surface area (Å²) in [4.78, 5) is 29.5. The number of fused-ring (bicyclic) bond motifs is 1. The Morgan fingerprint density at radius 3 is 2.74 bits per heavy atom. The van der Waals surface area contributed by atoms with Gasteiger partial charge in [0.1, 0.15) is 0 Å². The third kappa shape index (κ3) is 4.23. The average molecular weight is 323 g/mol. The first-order valence-corrected chi connectivity index (χ1v) is 9.13. The Morgan fingerprint density at radius 1 is 1.09 bits per heavy atom. The molecule has 0 aromatic rings. The molecule has 3 fully saturated rings. The number of ether oxygens (including phenoxy) is 1. The van der Waals surface area contributed by atoms with Crippen LogP contribution in [0.2, 0.25) is 0 Å². The Morgan fingerprint density at radius 2 is 1.91 bits per heavy atom. The van der Waals surface area contributed by atoms with Crippen molar-refractivity contribution in [3.05, 3.63) is 0 Å². The highest BCUT2D eigenvalue weighted by Crippen LogP contribution is 2.31. The van der Waals surface area contributed by atoms with Crippen molar-refractivity contribution in [2.24, 2.45) is 5.92 Å². The molecule has 2 aliphatic heterocycles. The van der Waals surface area contributed by atoms with Gasteiger partial charge in [-0.15, -0.1) is 0 Å². The van der Waals surface area contributed by atoms with Crippen molar-refractivity contribution in [2.45, 2.75) is 44.6 Å². The van der Waals surface area contributed by atoms with Gasteiger partial charge in [-0.05, 0) is 32.1 Å². The maximum Gasteiger partial charge on any atom is 0.237 e. The summed E-state index contributed by atoms with van der Waals surface area (Å²) in [6.45, 7) is 5.13. The first kappa shape index (κ1) is 16.7. The second kappa shape index (κ2) is 8.11. The lowest BCUT2D eigenvalue weighted by atomic mass is 9.99. The number of morpholine rings is 1. The number of rotatable bonds is 2. The molecule has 0 aromatic heterocycles. The van der Waals surface area contributed by atoms with Gasteiger partial charge in [0.25, 0.3) is 0 Å². The zero-order valence-corrected chi connectivity index (χ0v) is 14.0. The number of nitrogens with zero attached hydrogens (tertiary/aromatic N) is 2. The SMILES string of the molecule is O=C1NCCCCCN(C(=O)CN2CCOCC2)[C@H]2CCC[C@@H]12. The van der Waals surface area contributed by atoms with E-state index in [1.165, 1.54) is 0 Å². The van der Waals surface area contributed by atoms with E-state index in [9.17, 15) is 9.59 Å². The average Bonchev–Trinajstić information content (AvgIpc) is 3.04. The first-order chi connectivity index (χ1) is 11.3. The van der Waals surface area contributed by atoms with E-state index in [1.807, 2.05) is 4.90 Å². The van der Waals surface area contributed by atoms with Gasteiger partial charge in [0.05, 0.1) is 25.7 Å². The summed E-state index contributed by atoms with van der Waals surface area (Å²) >= 11 is 0. The summed E-state index contributed by atoms with van der Waals surface area (Å²) in [7, 11) is 0. The molecule has 0 radical (unpaired) electrons. The van der Waals surface area contributed by atoms with E-state index in [1.54, 1.807) is 0 Å². The molecule has 6 nitrogen and oxygen atoms in total. The minimum absolute atomic E-state index is 0.0123. The van der Waals surface area contributed by atoms with Gasteiger partial charge in [0.15, 0.2) is 0 Å². The van der Waals surface area contributed by atoms with Gasteiger partial charge < -0.3 is 15.0 Å². The van der Waals surface area contributed by atoms with Crippen molar-refractivity contribution < 1.29 is 14.3 Å². The standard InChI is InChI=1S/C17H29N3O3/c21-16(13-19-9-11-23-12-10-19)20-8-3-1-2-7-18-17(22)14-5-4-6-15(14)20/h14-15H,1-13H2,(H,18,22)/t14-,15+/m1/s1. The molecule has 130 valence electrons. The molecule has 2 atom stereocenters. The Hall–Kier alpha value is -1.14. The minimum Gasteiger partial charge on any atom is -0.379 e. The van der Waals surface area contributed by atoms with Crippen molar-refractivity contribution >= 4 is 11.8 Å². The lowest BCUT2D eigenvalue weighted by molar-refractivity contribution is -0.138. The highest BCUT2D eigenvalue weighted by molar-refractivity contribution is 5.83. The van der Waals surface area contributed by atoms with E-state index in [0.717, 1.165) is 64.7 Å². The number of carbonyl (C=O) groups excluding carboxylic acids is 2. The predicted molar refractivity (Wildman–Crippen MR) is 87.0 cm³/mol. The zero-order valence-electron chi connectivity index (χ0n) is 14.0. The molecule has 0 unspecified atom stereocenters. The van der Waals surface area contributed by atoms with Crippen LogP contribution in [0.25, 0.3) is 0 Å². The Balaban J connectivity index is 1.67. The van der Waals surface area contributed by atoms with Crippen LogP contribution in [0.4, 0.5) is 0 Å². The van der Waals surface area contributed by atoms with Gasteiger partial charge in [0.2, 0.25) is 11.8 Å². The molecule has 2 saturated heterocycles. The molecule has 3 aliphatic rings. The van der Waals surface area contributed by atoms with E-state index in [-0.39, 0.29) is 23.8 Å². The van der Waals surface area contributed by atoms with E-state index < -0.39 is 0 Å². The summed E-state index contributed by atoms with van der Waals surface area (Å²) in [5, 5.41) is 3.06. The molecule has 6 heteroatoms. The van der Waals surface area contributed by atoms with Crippen LogP contribution in [0.1, 0.15) is 38.5 Å². The van der Waals surface area contributed by atoms with E-state index in [0.29, 0.717) is 19.8 Å². The molecular formula is C17H29N3O3. The quantitative estimate of drug-likeness (QED) is 0.809. The van der Waals surface area contributed by atoms with Crippen molar-refractivity contribution in [3.63, 3.8) is 0 Å². The Labute approximate surface area is 138 Å². The molecule has 0 aromatic carbocycles. The van der Waals surface area contributed by atoms with Gasteiger partial charge in [-0.25, -0.2) is 0 Å². The largest absolute Gasteiger partial charge is 0.379 e. The van der Waals surface area contributed by atoms with Crippen LogP contribution in [0, 0.1) is 5.92 Å². The lowest BCUT2D eigenvalue weighted by Crippen LogP contribution is -2.52. The molecule has 1 aliphatic carbocycles. The van der Waals surface area contributed by atoms with E-state index in [4.69, 9.17) is 4.74 Å². The monoisotopic (exact) mass is 323 g/mol. The van der Waals surface area contributed by atoms with Gasteiger partial charge in [0, 0.05) is 32.2 Å². The highest BCUT2D eigenvalue weighted by atomic mass is 16.5. The summed E-state index contributed by atoms with van der Waals surface area (Å²) < 4.78 is 5.36. The van der Waals surface area contributed by atoms with Gasteiger partial charge in [-0.3, -0.25) is 14.5 Å². The fourth-order valence-electron chi connectivity index (χ4n) is 4.06. The zero-order chi connectivity index (χ0) is 16.1. The molecule has 0 spiro atoms. The number of hydrogen-bond donors (Lipinski definition) is 1. The molecule has 1 saturated carbocycles. The van der Waals surface area contributed by atoms with Crippen LogP contribution in [-0.4, -0.2) is 73.6 Å². The summed E-state index contributed by atoms with van der Waals surface area (Å²) in [5.74, 6) is 0.331. The Kier molecular flexibility index (Phi) is 5.89. The fraction of sp³-hybridized carbons (Fsp3) is 0.882. The van der Waals surface area contributed by atoms with Crippen LogP contribution in [0.5, 0.6) is 0 Å². The topological polar surface area (TPSA) is 61.9 Å². The van der Waals surface area contributed by atoms with Crippen molar-refractivity contribution in [3.8, 4) is 0 Å². The fourth-order valence-corrected chi connectivity index (χ4v) is 4.06. The van der Waals surface area contributed by atoms with Crippen molar-refractivity contribution in [1.29, 1.82) is 0 Å². The predicted octanol–water partition coefficient (Wildman–Crippen LogP) is 0.616. The second-order valence-corrected chi connectivity index (χ2v) is 6.93. The van der Waals surface area contributed by atoms with Gasteiger partial charge in [-0.1, -0.05) is 6.42 Å². The molecule has 2 heterocycles. The smallest absolute Gasteiger partial charge is 0.237 e. The summed E-state index contributed by atoms with van der Waals surface area (Å²) in [6.07, 6.45) is 6.04. The van der Waals surface area contributed by atoms with Crippen LogP contribution in [0.3, 0.4) is 0 Å². The highest BCUT2D eigenvalue weighted by Gasteiger charge is 2.39. The molecule has 3 rings (SSSR count).